The number of alkyl carbamates (subject to hydrolysis) is 1. The Morgan fingerprint density at radius 2 is 1.67 bits per heavy atom. The SMILES string of the molecule is COC(=O)NC(C(=O)Nc1ccccc1CC[C@@H]1CN[C@H](C)[C@@H](CSc2nc3ccc(OC(F)F)cc3[nH]2)O1)C(c1ccccc1)c1ccccc1. The molecule has 0 aliphatic carbocycles. The first kappa shape index (κ1) is 36.8. The number of para-hydroxylation sites is 1. The summed E-state index contributed by atoms with van der Waals surface area (Å²) in [4.78, 5) is 34.5. The van der Waals surface area contributed by atoms with E-state index in [1.807, 2.05) is 84.9 Å². The Labute approximate surface area is 305 Å². The molecule has 0 saturated carbocycles. The van der Waals surface area contributed by atoms with Gasteiger partial charge in [0.25, 0.3) is 0 Å². The van der Waals surface area contributed by atoms with Crippen LogP contribution in [0.3, 0.4) is 0 Å². The van der Waals surface area contributed by atoms with Crippen molar-refractivity contribution >= 4 is 40.5 Å². The van der Waals surface area contributed by atoms with E-state index in [9.17, 15) is 18.4 Å². The number of rotatable bonds is 14. The van der Waals surface area contributed by atoms with Gasteiger partial charge in [-0.15, -0.1) is 0 Å². The first-order valence-electron chi connectivity index (χ1n) is 17.1. The minimum Gasteiger partial charge on any atom is -0.453 e. The number of H-pyrrole nitrogens is 1. The fourth-order valence-corrected chi connectivity index (χ4v) is 7.39. The second-order valence-electron chi connectivity index (χ2n) is 12.5. The number of hydrogen-bond donors (Lipinski definition) is 4. The Morgan fingerprint density at radius 1 is 0.981 bits per heavy atom. The number of methoxy groups -OCH3 is 1. The maximum atomic E-state index is 14.1. The van der Waals surface area contributed by atoms with Crippen LogP contribution in [0.1, 0.15) is 36.0 Å². The van der Waals surface area contributed by atoms with Crippen molar-refractivity contribution < 1.29 is 32.6 Å². The van der Waals surface area contributed by atoms with Gasteiger partial charge in [-0.3, -0.25) is 4.79 Å². The summed E-state index contributed by atoms with van der Waals surface area (Å²) in [5.41, 5.74) is 4.61. The molecule has 0 bridgehead atoms. The minimum atomic E-state index is -2.90. The molecule has 1 fully saturated rings. The lowest BCUT2D eigenvalue weighted by molar-refractivity contribution is -0.118. The number of imidazole rings is 1. The van der Waals surface area contributed by atoms with Gasteiger partial charge in [0.1, 0.15) is 11.8 Å². The monoisotopic (exact) mass is 729 g/mol. The highest BCUT2D eigenvalue weighted by atomic mass is 32.2. The number of aromatic nitrogens is 2. The van der Waals surface area contributed by atoms with E-state index in [1.54, 1.807) is 6.07 Å². The van der Waals surface area contributed by atoms with Crippen molar-refractivity contribution in [3.05, 3.63) is 120 Å². The highest BCUT2D eigenvalue weighted by Gasteiger charge is 2.33. The van der Waals surface area contributed by atoms with Crippen LogP contribution in [-0.2, 0) is 20.7 Å². The molecule has 52 heavy (non-hydrogen) atoms. The highest BCUT2D eigenvalue weighted by Crippen LogP contribution is 2.31. The van der Waals surface area contributed by atoms with Crippen LogP contribution in [0.2, 0.25) is 0 Å². The summed E-state index contributed by atoms with van der Waals surface area (Å²) in [6.45, 7) is -0.141. The summed E-state index contributed by atoms with van der Waals surface area (Å²) in [6.07, 6.45) is 0.445. The van der Waals surface area contributed by atoms with Crippen LogP contribution in [0.25, 0.3) is 11.0 Å². The van der Waals surface area contributed by atoms with Gasteiger partial charge >= 0.3 is 12.7 Å². The van der Waals surface area contributed by atoms with Gasteiger partial charge in [0, 0.05) is 36.0 Å². The van der Waals surface area contributed by atoms with Crippen LogP contribution in [0.15, 0.2) is 108 Å². The smallest absolute Gasteiger partial charge is 0.407 e. The fraction of sp³-hybridized carbons (Fsp3) is 0.308. The van der Waals surface area contributed by atoms with E-state index in [-0.39, 0.29) is 29.9 Å². The van der Waals surface area contributed by atoms with Crippen LogP contribution in [-0.4, -0.2) is 72.3 Å². The van der Waals surface area contributed by atoms with E-state index in [1.165, 1.54) is 31.0 Å². The predicted octanol–water partition coefficient (Wildman–Crippen LogP) is 7.13. The minimum absolute atomic E-state index is 0.0707. The molecular formula is C39H41F2N5O5S. The number of anilines is 1. The van der Waals surface area contributed by atoms with Crippen LogP contribution in [0.5, 0.6) is 5.75 Å². The van der Waals surface area contributed by atoms with Crippen LogP contribution in [0, 0.1) is 0 Å². The van der Waals surface area contributed by atoms with Crippen LogP contribution < -0.4 is 20.7 Å². The molecule has 1 saturated heterocycles. The zero-order valence-electron chi connectivity index (χ0n) is 28.8. The maximum Gasteiger partial charge on any atom is 0.407 e. The number of carbonyl (C=O) groups excluding carboxylic acids is 2. The van der Waals surface area contributed by atoms with Crippen molar-refractivity contribution in [1.29, 1.82) is 0 Å². The molecule has 0 radical (unpaired) electrons. The van der Waals surface area contributed by atoms with Crippen molar-refractivity contribution in [2.75, 3.05) is 24.7 Å². The number of aryl methyl sites for hydroxylation is 1. The number of carbonyl (C=O) groups is 2. The number of thioether (sulfide) groups is 1. The van der Waals surface area contributed by atoms with Crippen molar-refractivity contribution in [3.8, 4) is 5.75 Å². The molecule has 1 aliphatic heterocycles. The average Bonchev–Trinajstić information content (AvgIpc) is 3.57. The number of halogens is 2. The Hall–Kier alpha value is -4.98. The van der Waals surface area contributed by atoms with E-state index < -0.39 is 24.7 Å². The molecule has 1 aliphatic rings. The molecule has 4 atom stereocenters. The van der Waals surface area contributed by atoms with Crippen molar-refractivity contribution in [2.45, 2.75) is 61.7 Å². The molecule has 4 N–H and O–H groups in total. The van der Waals surface area contributed by atoms with Gasteiger partial charge in [-0.1, -0.05) is 90.6 Å². The molecule has 2 amide bonds. The molecule has 10 nitrogen and oxygen atoms in total. The van der Waals surface area contributed by atoms with E-state index in [0.29, 0.717) is 47.0 Å². The summed E-state index contributed by atoms with van der Waals surface area (Å²) >= 11 is 1.50. The number of nitrogens with zero attached hydrogens (tertiary/aromatic N) is 1. The lowest BCUT2D eigenvalue weighted by Gasteiger charge is -2.36. The van der Waals surface area contributed by atoms with Gasteiger partial charge in [-0.05, 0) is 54.7 Å². The number of nitrogens with one attached hydrogen (secondary N) is 4. The van der Waals surface area contributed by atoms with Gasteiger partial charge in [0.2, 0.25) is 5.91 Å². The molecule has 13 heteroatoms. The van der Waals surface area contributed by atoms with Gasteiger partial charge in [0.15, 0.2) is 5.16 Å². The number of morpholine rings is 1. The molecule has 4 aromatic carbocycles. The van der Waals surface area contributed by atoms with Gasteiger partial charge in [-0.2, -0.15) is 8.78 Å². The van der Waals surface area contributed by atoms with Gasteiger partial charge in [0.05, 0.1) is 30.4 Å². The number of alkyl halides is 2. The van der Waals surface area contributed by atoms with E-state index in [0.717, 1.165) is 16.7 Å². The molecule has 1 unspecified atom stereocenters. The van der Waals surface area contributed by atoms with Crippen molar-refractivity contribution in [1.82, 2.24) is 20.6 Å². The topological polar surface area (TPSA) is 127 Å². The number of hydrogen-bond acceptors (Lipinski definition) is 8. The predicted molar refractivity (Wildman–Crippen MR) is 197 cm³/mol. The third-order valence-corrected chi connectivity index (χ3v) is 10.00. The number of fused-ring (bicyclic) bond motifs is 1. The number of ether oxygens (including phenoxy) is 3. The Balaban J connectivity index is 1.11. The van der Waals surface area contributed by atoms with E-state index in [2.05, 4.69) is 37.6 Å². The molecule has 6 rings (SSSR count). The average molecular weight is 730 g/mol. The Morgan fingerprint density at radius 3 is 2.37 bits per heavy atom. The zero-order chi connectivity index (χ0) is 36.5. The van der Waals surface area contributed by atoms with Gasteiger partial charge < -0.3 is 35.1 Å². The second kappa shape index (κ2) is 17.5. The standard InChI is InChI=1S/C39H41F2N5O5S/c1-24-33(23-52-38-44-31-20-19-28(51-37(40)41)21-32(31)45-38)50-29(22-42-24)18-17-25-11-9-10-16-30(25)43-36(47)35(46-39(48)49-2)34(26-12-5-3-6-13-26)27-14-7-4-8-15-27/h3-16,19-21,24,29,33-35,37,42H,17-18,22-23H2,1-2H3,(H,43,47)(H,44,45)(H,46,48)/t24-,29-,33-,35?/m1/s1. The number of benzene rings is 4. The highest BCUT2D eigenvalue weighted by molar-refractivity contribution is 7.99. The van der Waals surface area contributed by atoms with Crippen LogP contribution >= 0.6 is 11.8 Å². The lowest BCUT2D eigenvalue weighted by atomic mass is 9.84. The zero-order valence-corrected chi connectivity index (χ0v) is 29.6. The third kappa shape index (κ3) is 9.46. The fourth-order valence-electron chi connectivity index (χ4n) is 6.36. The normalized spacial score (nSPS) is 17.9. The number of aromatic amines is 1. The largest absolute Gasteiger partial charge is 0.453 e. The summed E-state index contributed by atoms with van der Waals surface area (Å²) < 4.78 is 41.3. The summed E-state index contributed by atoms with van der Waals surface area (Å²) in [6, 6.07) is 30.6. The summed E-state index contributed by atoms with van der Waals surface area (Å²) in [7, 11) is 1.27. The molecule has 272 valence electrons. The molecule has 0 spiro atoms. The third-order valence-electron chi connectivity index (χ3n) is 9.04. The quantitative estimate of drug-likeness (QED) is 0.0890. The van der Waals surface area contributed by atoms with E-state index >= 15 is 0 Å². The Kier molecular flexibility index (Phi) is 12.4. The molecule has 1 aromatic heterocycles. The summed E-state index contributed by atoms with van der Waals surface area (Å²) in [5.74, 6) is -0.165. The second-order valence-corrected chi connectivity index (χ2v) is 13.5. The van der Waals surface area contributed by atoms with Gasteiger partial charge in [-0.25, -0.2) is 9.78 Å². The summed E-state index contributed by atoms with van der Waals surface area (Å²) in [5, 5.41) is 10.1. The lowest BCUT2D eigenvalue weighted by Crippen LogP contribution is -2.52. The first-order chi connectivity index (χ1) is 25.3. The molecular weight excluding hydrogens is 689 g/mol. The van der Waals surface area contributed by atoms with E-state index in [4.69, 9.17) is 9.47 Å². The molecule has 5 aromatic rings. The van der Waals surface area contributed by atoms with Crippen LogP contribution in [0.4, 0.5) is 19.3 Å². The number of amides is 2. The van der Waals surface area contributed by atoms with Crippen molar-refractivity contribution in [2.24, 2.45) is 0 Å². The molecule has 2 heterocycles. The first-order valence-corrected chi connectivity index (χ1v) is 18.0. The Bertz CT molecular complexity index is 1890. The van der Waals surface area contributed by atoms with Crippen molar-refractivity contribution in [3.63, 3.8) is 0 Å². The maximum absolute atomic E-state index is 14.1.